The number of anilines is 1. The summed E-state index contributed by atoms with van der Waals surface area (Å²) in [5.74, 6) is 0.938. The lowest BCUT2D eigenvalue weighted by Gasteiger charge is -2.21. The van der Waals surface area contributed by atoms with Crippen molar-refractivity contribution in [2.75, 3.05) is 24.5 Å². The maximum absolute atomic E-state index is 12.2. The van der Waals surface area contributed by atoms with E-state index in [4.69, 9.17) is 0 Å². The topological polar surface area (TPSA) is 63.1 Å². The molecule has 0 aliphatic carbocycles. The molecule has 140 valence electrons. The van der Waals surface area contributed by atoms with Crippen LogP contribution in [0.4, 0.5) is 5.69 Å². The van der Waals surface area contributed by atoms with E-state index in [-0.39, 0.29) is 11.2 Å². The van der Waals surface area contributed by atoms with E-state index in [1.165, 1.54) is 17.4 Å². The van der Waals surface area contributed by atoms with Gasteiger partial charge in [0.1, 0.15) is 0 Å². The summed E-state index contributed by atoms with van der Waals surface area (Å²) in [4.78, 5) is 14.5. The Labute approximate surface area is 159 Å². The van der Waals surface area contributed by atoms with Crippen molar-refractivity contribution >= 4 is 23.4 Å². The highest BCUT2D eigenvalue weighted by Gasteiger charge is 2.24. The quantitative estimate of drug-likeness (QED) is 0.843. The zero-order valence-electron chi connectivity index (χ0n) is 15.7. The smallest absolute Gasteiger partial charge is 0.233 e. The maximum Gasteiger partial charge on any atom is 0.233 e. The largest absolute Gasteiger partial charge is 0.372 e. The van der Waals surface area contributed by atoms with Gasteiger partial charge in [-0.3, -0.25) is 4.79 Å². The number of aromatic nitrogens is 3. The molecule has 7 heteroatoms. The Kier molecular flexibility index (Phi) is 6.19. The number of carbonyl (C=O) groups excluding carboxylic acids is 1. The average molecular weight is 374 g/mol. The van der Waals surface area contributed by atoms with Crippen molar-refractivity contribution in [1.82, 2.24) is 20.1 Å². The highest BCUT2D eigenvalue weighted by Crippen LogP contribution is 2.29. The van der Waals surface area contributed by atoms with E-state index >= 15 is 0 Å². The van der Waals surface area contributed by atoms with Crippen molar-refractivity contribution in [3.63, 3.8) is 0 Å². The lowest BCUT2D eigenvalue weighted by atomic mass is 10.2. The molecule has 1 aromatic heterocycles. The first kappa shape index (κ1) is 18.8. The minimum atomic E-state index is -0.0849. The standard InChI is InChI=1S/C19H27N5OS/c1-4-24(5-2)15-11-9-14(10-12-15)17-21-22-19(23(17)3)26-16-8-6-7-13-20-18(16)25/h9-12,16H,4-8,13H2,1-3H3,(H,20,25)/t16-/m1/s1. The molecule has 0 unspecified atom stereocenters. The van der Waals surface area contributed by atoms with Gasteiger partial charge in [-0.15, -0.1) is 10.2 Å². The Morgan fingerprint density at radius 2 is 1.92 bits per heavy atom. The second-order valence-electron chi connectivity index (χ2n) is 6.48. The number of carbonyl (C=O) groups is 1. The van der Waals surface area contributed by atoms with Crippen LogP contribution in [0.1, 0.15) is 33.1 Å². The van der Waals surface area contributed by atoms with Crippen molar-refractivity contribution in [2.24, 2.45) is 7.05 Å². The molecule has 1 fully saturated rings. The number of nitrogens with zero attached hydrogens (tertiary/aromatic N) is 4. The van der Waals surface area contributed by atoms with Crippen LogP contribution in [0, 0.1) is 0 Å². The molecule has 0 saturated carbocycles. The number of benzene rings is 1. The first-order valence-electron chi connectivity index (χ1n) is 9.33. The number of nitrogens with one attached hydrogen (secondary N) is 1. The molecule has 1 atom stereocenters. The molecule has 1 aliphatic heterocycles. The van der Waals surface area contributed by atoms with Gasteiger partial charge in [0, 0.05) is 37.9 Å². The number of rotatable bonds is 6. The first-order valence-corrected chi connectivity index (χ1v) is 10.2. The third-order valence-electron chi connectivity index (χ3n) is 4.82. The van der Waals surface area contributed by atoms with Crippen molar-refractivity contribution < 1.29 is 4.79 Å². The molecule has 2 heterocycles. The number of hydrogen-bond acceptors (Lipinski definition) is 5. The van der Waals surface area contributed by atoms with Crippen molar-refractivity contribution in [2.45, 2.75) is 43.5 Å². The zero-order chi connectivity index (χ0) is 18.5. The Balaban J connectivity index is 1.77. The molecular formula is C19H27N5OS. The van der Waals surface area contributed by atoms with Crippen LogP contribution in [0.25, 0.3) is 11.4 Å². The summed E-state index contributed by atoms with van der Waals surface area (Å²) >= 11 is 1.51. The lowest BCUT2D eigenvalue weighted by Crippen LogP contribution is -2.30. The van der Waals surface area contributed by atoms with E-state index < -0.39 is 0 Å². The molecule has 2 aromatic rings. The SMILES string of the molecule is CCN(CC)c1ccc(-c2nnc(S[C@@H]3CCCCNC3=O)n2C)cc1. The van der Waals surface area contributed by atoms with E-state index in [1.807, 2.05) is 11.6 Å². The molecular weight excluding hydrogens is 346 g/mol. The summed E-state index contributed by atoms with van der Waals surface area (Å²) in [5, 5.41) is 12.4. The van der Waals surface area contributed by atoms with Crippen LogP contribution in [0.15, 0.2) is 29.4 Å². The van der Waals surface area contributed by atoms with Crippen LogP contribution in [0.5, 0.6) is 0 Å². The number of amides is 1. The Bertz CT molecular complexity index is 739. The molecule has 0 bridgehead atoms. The number of thioether (sulfide) groups is 1. The summed E-state index contributed by atoms with van der Waals surface area (Å²) in [5.41, 5.74) is 2.25. The Morgan fingerprint density at radius 3 is 2.62 bits per heavy atom. The van der Waals surface area contributed by atoms with Gasteiger partial charge in [-0.25, -0.2) is 0 Å². The maximum atomic E-state index is 12.2. The highest BCUT2D eigenvalue weighted by molar-refractivity contribution is 8.00. The predicted molar refractivity (Wildman–Crippen MR) is 107 cm³/mol. The monoisotopic (exact) mass is 373 g/mol. The second-order valence-corrected chi connectivity index (χ2v) is 7.65. The van der Waals surface area contributed by atoms with Gasteiger partial charge in [0.15, 0.2) is 11.0 Å². The molecule has 1 aliphatic rings. The zero-order valence-corrected chi connectivity index (χ0v) is 16.6. The summed E-state index contributed by atoms with van der Waals surface area (Å²) in [6, 6.07) is 8.43. The fourth-order valence-electron chi connectivity index (χ4n) is 3.23. The van der Waals surface area contributed by atoms with Gasteiger partial charge in [0.05, 0.1) is 5.25 Å². The minimum absolute atomic E-state index is 0.0849. The normalized spacial score (nSPS) is 17.7. The lowest BCUT2D eigenvalue weighted by molar-refractivity contribution is -0.120. The summed E-state index contributed by atoms with van der Waals surface area (Å²) in [6.07, 6.45) is 3.00. The summed E-state index contributed by atoms with van der Waals surface area (Å²) < 4.78 is 1.98. The van der Waals surface area contributed by atoms with Crippen LogP contribution in [0.3, 0.4) is 0 Å². The molecule has 1 amide bonds. The predicted octanol–water partition coefficient (Wildman–Crippen LogP) is 3.09. The first-order chi connectivity index (χ1) is 12.6. The molecule has 0 radical (unpaired) electrons. The van der Waals surface area contributed by atoms with Crippen molar-refractivity contribution in [3.8, 4) is 11.4 Å². The molecule has 0 spiro atoms. The van der Waals surface area contributed by atoms with E-state index in [1.54, 1.807) is 0 Å². The van der Waals surface area contributed by atoms with E-state index in [9.17, 15) is 4.79 Å². The molecule has 1 N–H and O–H groups in total. The van der Waals surface area contributed by atoms with Gasteiger partial charge in [0.2, 0.25) is 5.91 Å². The Hall–Kier alpha value is -2.02. The van der Waals surface area contributed by atoms with Gasteiger partial charge in [-0.1, -0.05) is 18.2 Å². The number of hydrogen-bond donors (Lipinski definition) is 1. The van der Waals surface area contributed by atoms with Gasteiger partial charge in [-0.2, -0.15) is 0 Å². The molecule has 6 nitrogen and oxygen atoms in total. The summed E-state index contributed by atoms with van der Waals surface area (Å²) in [6.45, 7) is 7.08. The van der Waals surface area contributed by atoms with Crippen molar-refractivity contribution in [3.05, 3.63) is 24.3 Å². The fourth-order valence-corrected chi connectivity index (χ4v) is 4.29. The van der Waals surface area contributed by atoms with E-state index in [0.29, 0.717) is 0 Å². The second kappa shape index (κ2) is 8.58. The van der Waals surface area contributed by atoms with Gasteiger partial charge in [0.25, 0.3) is 0 Å². The average Bonchev–Trinajstić information content (AvgIpc) is 2.89. The fraction of sp³-hybridized carbons (Fsp3) is 0.526. The van der Waals surface area contributed by atoms with Gasteiger partial charge in [-0.05, 0) is 51.0 Å². The highest BCUT2D eigenvalue weighted by atomic mass is 32.2. The minimum Gasteiger partial charge on any atom is -0.372 e. The van der Waals surface area contributed by atoms with Crippen molar-refractivity contribution in [1.29, 1.82) is 0 Å². The van der Waals surface area contributed by atoms with E-state index in [2.05, 4.69) is 58.5 Å². The van der Waals surface area contributed by atoms with Crippen LogP contribution >= 0.6 is 11.8 Å². The van der Waals surface area contributed by atoms with Crippen LogP contribution < -0.4 is 10.2 Å². The molecule has 1 saturated heterocycles. The van der Waals surface area contributed by atoms with E-state index in [0.717, 1.165) is 55.4 Å². The van der Waals surface area contributed by atoms with Gasteiger partial charge >= 0.3 is 0 Å². The summed E-state index contributed by atoms with van der Waals surface area (Å²) in [7, 11) is 1.96. The molecule has 26 heavy (non-hydrogen) atoms. The molecule has 3 rings (SSSR count). The third kappa shape index (κ3) is 4.03. The van der Waals surface area contributed by atoms with Crippen LogP contribution in [0.2, 0.25) is 0 Å². The molecule has 1 aromatic carbocycles. The van der Waals surface area contributed by atoms with Gasteiger partial charge < -0.3 is 14.8 Å². The Morgan fingerprint density at radius 1 is 1.19 bits per heavy atom. The van der Waals surface area contributed by atoms with Crippen LogP contribution in [-0.4, -0.2) is 45.6 Å². The van der Waals surface area contributed by atoms with Crippen LogP contribution in [-0.2, 0) is 11.8 Å². The third-order valence-corrected chi connectivity index (χ3v) is 6.12.